The van der Waals surface area contributed by atoms with Gasteiger partial charge in [0.25, 0.3) is 0 Å². The predicted molar refractivity (Wildman–Crippen MR) is 77.2 cm³/mol. The van der Waals surface area contributed by atoms with E-state index in [-0.39, 0.29) is 4.90 Å². The third-order valence-electron chi connectivity index (χ3n) is 2.26. The molecule has 7 heteroatoms. The zero-order chi connectivity index (χ0) is 13.2. The van der Waals surface area contributed by atoms with E-state index in [1.165, 1.54) is 12.1 Å². The lowest BCUT2D eigenvalue weighted by atomic mass is 10.3. The minimum absolute atomic E-state index is 0.111. The Labute approximate surface area is 118 Å². The van der Waals surface area contributed by atoms with Crippen LogP contribution in [-0.2, 0) is 16.6 Å². The number of hydrogen-bond donors (Lipinski definition) is 2. The average Bonchev–Trinajstić information content (AvgIpc) is 2.72. The fourth-order valence-electron chi connectivity index (χ4n) is 1.42. The van der Waals surface area contributed by atoms with Gasteiger partial charge in [-0.2, -0.15) is 0 Å². The summed E-state index contributed by atoms with van der Waals surface area (Å²) in [5, 5.41) is 8.23. The Morgan fingerprint density at radius 2 is 2.06 bits per heavy atom. The Balaban J connectivity index is 2.11. The first-order valence-electron chi connectivity index (χ1n) is 5.06. The average molecular weight is 347 g/mol. The lowest BCUT2D eigenvalue weighted by Gasteiger charge is -2.06. The lowest BCUT2D eigenvalue weighted by molar-refractivity contribution is 0.598. The maximum absolute atomic E-state index is 11.2. The number of primary sulfonamides is 1. The number of nitrogens with two attached hydrogens (primary N) is 1. The van der Waals surface area contributed by atoms with Crippen molar-refractivity contribution in [1.82, 2.24) is 0 Å². The van der Waals surface area contributed by atoms with Crippen LogP contribution in [0.4, 0.5) is 5.69 Å². The van der Waals surface area contributed by atoms with E-state index in [1.54, 1.807) is 23.5 Å². The number of hydrogen-bond acceptors (Lipinski definition) is 4. The summed E-state index contributed by atoms with van der Waals surface area (Å²) < 4.78 is 23.5. The molecule has 0 aliphatic carbocycles. The normalized spacial score (nSPS) is 11.4. The molecule has 0 aliphatic heterocycles. The zero-order valence-electron chi connectivity index (χ0n) is 9.26. The van der Waals surface area contributed by atoms with Gasteiger partial charge in [-0.15, -0.1) is 11.3 Å². The first kappa shape index (κ1) is 13.5. The fourth-order valence-corrected chi connectivity index (χ4v) is 3.40. The molecule has 0 radical (unpaired) electrons. The summed E-state index contributed by atoms with van der Waals surface area (Å²) in [4.78, 5) is 1.27. The van der Waals surface area contributed by atoms with Gasteiger partial charge in [0, 0.05) is 17.1 Å². The third kappa shape index (κ3) is 3.55. The molecule has 0 spiro atoms. The molecule has 0 saturated heterocycles. The van der Waals surface area contributed by atoms with Crippen LogP contribution in [0.5, 0.6) is 0 Å². The second-order valence-corrected chi connectivity index (χ2v) is 7.74. The molecule has 0 unspecified atom stereocenters. The van der Waals surface area contributed by atoms with Gasteiger partial charge in [-0.25, -0.2) is 13.6 Å². The molecule has 18 heavy (non-hydrogen) atoms. The summed E-state index contributed by atoms with van der Waals surface area (Å²) in [5.41, 5.74) is 0.728. The van der Waals surface area contributed by atoms with Gasteiger partial charge in [0.15, 0.2) is 0 Å². The van der Waals surface area contributed by atoms with Crippen molar-refractivity contribution >= 4 is 43.0 Å². The van der Waals surface area contributed by atoms with Crippen LogP contribution in [0.15, 0.2) is 45.1 Å². The van der Waals surface area contributed by atoms with E-state index >= 15 is 0 Å². The Hall–Kier alpha value is -0.890. The van der Waals surface area contributed by atoms with Gasteiger partial charge < -0.3 is 5.32 Å². The van der Waals surface area contributed by atoms with E-state index in [4.69, 9.17) is 5.14 Å². The highest BCUT2D eigenvalue weighted by molar-refractivity contribution is 9.11. The van der Waals surface area contributed by atoms with Crippen molar-refractivity contribution in [1.29, 1.82) is 0 Å². The summed E-state index contributed by atoms with van der Waals surface area (Å²) in [6.07, 6.45) is 0. The number of anilines is 1. The van der Waals surface area contributed by atoms with Gasteiger partial charge in [0.2, 0.25) is 10.0 Å². The van der Waals surface area contributed by atoms with E-state index < -0.39 is 10.0 Å². The number of thiophene rings is 1. The number of halogens is 1. The molecular weight excluding hydrogens is 336 g/mol. The minimum atomic E-state index is -3.65. The van der Waals surface area contributed by atoms with Crippen LogP contribution in [0, 0.1) is 0 Å². The highest BCUT2D eigenvalue weighted by Gasteiger charge is 2.07. The molecule has 96 valence electrons. The molecule has 1 aromatic heterocycles. The fraction of sp³-hybridized carbons (Fsp3) is 0.0909. The van der Waals surface area contributed by atoms with Gasteiger partial charge in [-0.1, -0.05) is 6.07 Å². The summed E-state index contributed by atoms with van der Waals surface area (Å²) in [7, 11) is -3.65. The molecule has 4 nitrogen and oxygen atoms in total. The maximum atomic E-state index is 11.2. The summed E-state index contributed by atoms with van der Waals surface area (Å²) in [6, 6.07) is 10.4. The van der Waals surface area contributed by atoms with E-state index in [2.05, 4.69) is 21.2 Å². The zero-order valence-corrected chi connectivity index (χ0v) is 12.5. The Morgan fingerprint density at radius 3 is 2.67 bits per heavy atom. The quantitative estimate of drug-likeness (QED) is 0.893. The molecule has 2 rings (SSSR count). The summed E-state index contributed by atoms with van der Waals surface area (Å²) >= 11 is 5.02. The van der Waals surface area contributed by atoms with Crippen LogP contribution < -0.4 is 10.5 Å². The van der Waals surface area contributed by atoms with Crippen molar-refractivity contribution in [3.05, 3.63) is 45.1 Å². The number of nitrogens with one attached hydrogen (secondary N) is 1. The third-order valence-corrected chi connectivity index (χ3v) is 4.79. The van der Waals surface area contributed by atoms with Crippen LogP contribution in [0.25, 0.3) is 0 Å². The highest BCUT2D eigenvalue weighted by atomic mass is 79.9. The van der Waals surface area contributed by atoms with Crippen LogP contribution in [0.3, 0.4) is 0 Å². The first-order valence-corrected chi connectivity index (χ1v) is 8.22. The smallest absolute Gasteiger partial charge is 0.238 e. The molecule has 2 aromatic rings. The molecule has 0 atom stereocenters. The molecule has 0 amide bonds. The van der Waals surface area contributed by atoms with E-state index in [0.29, 0.717) is 6.54 Å². The molecule has 0 saturated carbocycles. The molecule has 0 bridgehead atoms. The van der Waals surface area contributed by atoms with Crippen LogP contribution >= 0.6 is 27.3 Å². The van der Waals surface area contributed by atoms with Crippen molar-refractivity contribution in [3.8, 4) is 0 Å². The van der Waals surface area contributed by atoms with E-state index in [9.17, 15) is 8.42 Å². The van der Waals surface area contributed by atoms with E-state index in [1.807, 2.05) is 12.1 Å². The molecule has 0 fully saturated rings. The monoisotopic (exact) mass is 346 g/mol. The topological polar surface area (TPSA) is 72.2 Å². The highest BCUT2D eigenvalue weighted by Crippen LogP contribution is 2.23. The van der Waals surface area contributed by atoms with Gasteiger partial charge in [0.05, 0.1) is 8.68 Å². The van der Waals surface area contributed by atoms with E-state index in [0.717, 1.165) is 14.4 Å². The van der Waals surface area contributed by atoms with Crippen LogP contribution in [-0.4, -0.2) is 8.42 Å². The first-order chi connectivity index (χ1) is 8.45. The van der Waals surface area contributed by atoms with Crippen molar-refractivity contribution in [2.75, 3.05) is 5.32 Å². The van der Waals surface area contributed by atoms with Crippen LogP contribution in [0.1, 0.15) is 4.88 Å². The van der Waals surface area contributed by atoms with Crippen molar-refractivity contribution in [2.24, 2.45) is 5.14 Å². The summed E-state index contributed by atoms with van der Waals surface area (Å²) in [5.74, 6) is 0. The Kier molecular flexibility index (Phi) is 4.06. The molecule has 1 heterocycles. The number of sulfonamides is 1. The van der Waals surface area contributed by atoms with Crippen molar-refractivity contribution in [3.63, 3.8) is 0 Å². The van der Waals surface area contributed by atoms with Crippen molar-refractivity contribution < 1.29 is 8.42 Å². The molecule has 1 aromatic carbocycles. The van der Waals surface area contributed by atoms with Crippen LogP contribution in [0.2, 0.25) is 0 Å². The second kappa shape index (κ2) is 5.40. The van der Waals surface area contributed by atoms with Gasteiger partial charge in [-0.3, -0.25) is 0 Å². The molecule has 0 aliphatic rings. The maximum Gasteiger partial charge on any atom is 0.238 e. The standard InChI is InChI=1S/C11H11BrN2O2S2/c12-11-5-4-9(17-11)7-14-8-2-1-3-10(6-8)18(13,15)16/h1-6,14H,7H2,(H2,13,15,16). The SMILES string of the molecule is NS(=O)(=O)c1cccc(NCc2ccc(Br)s2)c1. The van der Waals surface area contributed by atoms with Gasteiger partial charge in [0.1, 0.15) is 0 Å². The number of benzene rings is 1. The second-order valence-electron chi connectivity index (χ2n) is 3.63. The predicted octanol–water partition coefficient (Wildman–Crippen LogP) is 2.77. The Bertz CT molecular complexity index is 653. The lowest BCUT2D eigenvalue weighted by Crippen LogP contribution is -2.12. The van der Waals surface area contributed by atoms with Gasteiger partial charge >= 0.3 is 0 Å². The number of rotatable bonds is 4. The van der Waals surface area contributed by atoms with Gasteiger partial charge in [-0.05, 0) is 46.3 Å². The molecular formula is C11H11BrN2O2S2. The summed E-state index contributed by atoms with van der Waals surface area (Å²) in [6.45, 7) is 0.643. The minimum Gasteiger partial charge on any atom is -0.380 e. The van der Waals surface area contributed by atoms with Crippen molar-refractivity contribution in [2.45, 2.75) is 11.4 Å². The largest absolute Gasteiger partial charge is 0.380 e. The molecule has 3 N–H and O–H groups in total. The Morgan fingerprint density at radius 1 is 1.28 bits per heavy atom.